The molecule has 168 valence electrons. The highest BCUT2D eigenvalue weighted by Gasteiger charge is 2.27. The Morgan fingerprint density at radius 3 is 2.03 bits per heavy atom. The largest absolute Gasteiger partial charge is 0.358 e. The number of benzene rings is 3. The summed E-state index contributed by atoms with van der Waals surface area (Å²) < 4.78 is 0. The molecule has 0 saturated carbocycles. The van der Waals surface area contributed by atoms with Crippen LogP contribution in [0.4, 0.5) is 0 Å². The SMILES string of the molecule is Cc1ccc2[nH]c(C)c(CN3CCN(C(c4ccccc4)c4ccccc4)CC3)c(=O)c2c1. The Morgan fingerprint density at radius 2 is 1.42 bits per heavy atom. The summed E-state index contributed by atoms with van der Waals surface area (Å²) in [5.41, 5.74) is 6.73. The molecule has 4 nitrogen and oxygen atoms in total. The molecule has 1 N–H and O–H groups in total. The minimum atomic E-state index is 0.166. The summed E-state index contributed by atoms with van der Waals surface area (Å²) >= 11 is 0. The fourth-order valence-electron chi connectivity index (χ4n) is 5.04. The lowest BCUT2D eigenvalue weighted by atomic mass is 9.96. The molecule has 4 heteroatoms. The van der Waals surface area contributed by atoms with Crippen molar-refractivity contribution in [3.63, 3.8) is 0 Å². The number of hydrogen-bond donors (Lipinski definition) is 1. The second-order valence-corrected chi connectivity index (χ2v) is 9.14. The average molecular weight is 438 g/mol. The van der Waals surface area contributed by atoms with E-state index in [1.54, 1.807) is 0 Å². The maximum atomic E-state index is 13.3. The van der Waals surface area contributed by atoms with Crippen LogP contribution in [0.1, 0.15) is 34.0 Å². The van der Waals surface area contributed by atoms with E-state index in [0.717, 1.165) is 53.9 Å². The molecule has 0 atom stereocenters. The summed E-state index contributed by atoms with van der Waals surface area (Å²) in [5.74, 6) is 0. The van der Waals surface area contributed by atoms with Gasteiger partial charge in [0.1, 0.15) is 0 Å². The zero-order valence-corrected chi connectivity index (χ0v) is 19.4. The van der Waals surface area contributed by atoms with Crippen molar-refractivity contribution in [2.75, 3.05) is 26.2 Å². The van der Waals surface area contributed by atoms with Crippen LogP contribution in [0.3, 0.4) is 0 Å². The van der Waals surface area contributed by atoms with Gasteiger partial charge in [-0.15, -0.1) is 0 Å². The van der Waals surface area contributed by atoms with Crippen LogP contribution in [-0.4, -0.2) is 41.0 Å². The lowest BCUT2D eigenvalue weighted by molar-refractivity contribution is 0.104. The number of nitrogens with one attached hydrogen (secondary N) is 1. The van der Waals surface area contributed by atoms with E-state index in [0.29, 0.717) is 6.54 Å². The molecule has 5 rings (SSSR count). The highest BCUT2D eigenvalue weighted by molar-refractivity contribution is 5.80. The number of hydrogen-bond acceptors (Lipinski definition) is 3. The predicted octanol–water partition coefficient (Wildman–Crippen LogP) is 5.05. The second kappa shape index (κ2) is 9.34. The first-order valence-corrected chi connectivity index (χ1v) is 11.8. The van der Waals surface area contributed by atoms with Crippen molar-refractivity contribution in [1.29, 1.82) is 0 Å². The summed E-state index contributed by atoms with van der Waals surface area (Å²) in [6.07, 6.45) is 0. The van der Waals surface area contributed by atoms with Crippen LogP contribution < -0.4 is 5.43 Å². The van der Waals surface area contributed by atoms with E-state index in [1.807, 2.05) is 32.0 Å². The van der Waals surface area contributed by atoms with Gasteiger partial charge in [0.05, 0.1) is 6.04 Å². The number of nitrogens with zero attached hydrogens (tertiary/aromatic N) is 2. The standard InChI is InChI=1S/C29H31N3O/c1-21-13-14-27-25(19-21)29(33)26(22(2)30-27)20-31-15-17-32(18-16-31)28(23-9-5-3-6-10-23)24-11-7-4-8-12-24/h3-14,19,28H,15-18,20H2,1-2H3,(H,30,33). The molecule has 1 fully saturated rings. The molecule has 3 aromatic carbocycles. The smallest absolute Gasteiger partial charge is 0.194 e. The highest BCUT2D eigenvalue weighted by Crippen LogP contribution is 2.29. The molecule has 0 aliphatic carbocycles. The normalized spacial score (nSPS) is 15.4. The van der Waals surface area contributed by atoms with Gasteiger partial charge >= 0.3 is 0 Å². The topological polar surface area (TPSA) is 39.3 Å². The van der Waals surface area contributed by atoms with Crippen LogP contribution in [0.5, 0.6) is 0 Å². The van der Waals surface area contributed by atoms with E-state index in [4.69, 9.17) is 0 Å². The number of aromatic amines is 1. The number of aromatic nitrogens is 1. The Bertz CT molecular complexity index is 1250. The molecule has 0 radical (unpaired) electrons. The quantitative estimate of drug-likeness (QED) is 0.475. The maximum Gasteiger partial charge on any atom is 0.194 e. The van der Waals surface area contributed by atoms with E-state index in [2.05, 4.69) is 75.4 Å². The Kier molecular flexibility index (Phi) is 6.12. The number of rotatable bonds is 5. The minimum absolute atomic E-state index is 0.166. The van der Waals surface area contributed by atoms with Crippen LogP contribution in [0.15, 0.2) is 83.7 Å². The van der Waals surface area contributed by atoms with Gasteiger partial charge in [-0.1, -0.05) is 72.3 Å². The van der Waals surface area contributed by atoms with Crippen molar-refractivity contribution in [3.8, 4) is 0 Å². The van der Waals surface area contributed by atoms with Gasteiger partial charge in [0.25, 0.3) is 0 Å². The zero-order valence-electron chi connectivity index (χ0n) is 19.4. The van der Waals surface area contributed by atoms with Crippen molar-refractivity contribution in [2.45, 2.75) is 26.4 Å². The van der Waals surface area contributed by atoms with Gasteiger partial charge in [-0.25, -0.2) is 0 Å². The Morgan fingerprint density at radius 1 is 0.818 bits per heavy atom. The summed E-state index contributed by atoms with van der Waals surface area (Å²) in [7, 11) is 0. The summed E-state index contributed by atoms with van der Waals surface area (Å²) in [6.45, 7) is 8.58. The van der Waals surface area contributed by atoms with Gasteiger partial charge in [-0.3, -0.25) is 14.6 Å². The summed E-state index contributed by atoms with van der Waals surface area (Å²) in [4.78, 5) is 21.7. The molecule has 4 aromatic rings. The van der Waals surface area contributed by atoms with Crippen molar-refractivity contribution in [1.82, 2.24) is 14.8 Å². The average Bonchev–Trinajstić information content (AvgIpc) is 2.85. The lowest BCUT2D eigenvalue weighted by Gasteiger charge is -2.40. The molecule has 1 aliphatic heterocycles. The first-order valence-electron chi connectivity index (χ1n) is 11.8. The van der Waals surface area contributed by atoms with E-state index in [-0.39, 0.29) is 11.5 Å². The zero-order chi connectivity index (χ0) is 22.8. The molecule has 0 unspecified atom stereocenters. The van der Waals surface area contributed by atoms with Gasteiger partial charge in [0.15, 0.2) is 5.43 Å². The van der Waals surface area contributed by atoms with Crippen LogP contribution >= 0.6 is 0 Å². The van der Waals surface area contributed by atoms with Crippen molar-refractivity contribution in [3.05, 3.63) is 117 Å². The Balaban J connectivity index is 1.35. The molecule has 0 spiro atoms. The fourth-order valence-corrected chi connectivity index (χ4v) is 5.04. The highest BCUT2D eigenvalue weighted by atomic mass is 16.1. The number of aryl methyl sites for hydroxylation is 2. The molecule has 1 aromatic heterocycles. The van der Waals surface area contributed by atoms with Gasteiger partial charge in [0.2, 0.25) is 0 Å². The first kappa shape index (κ1) is 21.6. The van der Waals surface area contributed by atoms with E-state index in [9.17, 15) is 4.79 Å². The van der Waals surface area contributed by atoms with Crippen molar-refractivity contribution < 1.29 is 0 Å². The third-order valence-corrected chi connectivity index (χ3v) is 6.85. The molecule has 1 saturated heterocycles. The molecule has 33 heavy (non-hydrogen) atoms. The van der Waals surface area contributed by atoms with Gasteiger partial charge < -0.3 is 4.98 Å². The first-order chi connectivity index (χ1) is 16.1. The van der Waals surface area contributed by atoms with Gasteiger partial charge in [-0.2, -0.15) is 0 Å². The fraction of sp³-hybridized carbons (Fsp3) is 0.276. The third-order valence-electron chi connectivity index (χ3n) is 6.85. The van der Waals surface area contributed by atoms with Crippen molar-refractivity contribution in [2.24, 2.45) is 0 Å². The molecule has 0 amide bonds. The Hall–Kier alpha value is -3.21. The van der Waals surface area contributed by atoms with Crippen LogP contribution in [0, 0.1) is 13.8 Å². The molecule has 1 aliphatic rings. The number of H-pyrrole nitrogens is 1. The summed E-state index contributed by atoms with van der Waals surface area (Å²) in [6, 6.07) is 27.9. The predicted molar refractivity (Wildman–Crippen MR) is 136 cm³/mol. The molecule has 2 heterocycles. The number of fused-ring (bicyclic) bond motifs is 1. The maximum absolute atomic E-state index is 13.3. The lowest BCUT2D eigenvalue weighted by Crippen LogP contribution is -2.47. The number of piperazine rings is 1. The van der Waals surface area contributed by atoms with E-state index >= 15 is 0 Å². The van der Waals surface area contributed by atoms with E-state index in [1.165, 1.54) is 11.1 Å². The Labute approximate surface area is 195 Å². The van der Waals surface area contributed by atoms with E-state index < -0.39 is 0 Å². The van der Waals surface area contributed by atoms with Gasteiger partial charge in [-0.05, 0) is 37.1 Å². The summed E-state index contributed by atoms with van der Waals surface area (Å²) in [5, 5.41) is 0.794. The second-order valence-electron chi connectivity index (χ2n) is 9.14. The number of pyridine rings is 1. The third kappa shape index (κ3) is 4.50. The molecule has 0 bridgehead atoms. The molecular weight excluding hydrogens is 406 g/mol. The molecular formula is C29H31N3O. The van der Waals surface area contributed by atoms with Crippen LogP contribution in [-0.2, 0) is 6.54 Å². The minimum Gasteiger partial charge on any atom is -0.358 e. The van der Waals surface area contributed by atoms with Crippen LogP contribution in [0.25, 0.3) is 10.9 Å². The van der Waals surface area contributed by atoms with Gasteiger partial charge in [0, 0.05) is 54.9 Å². The monoisotopic (exact) mass is 437 g/mol. The van der Waals surface area contributed by atoms with Crippen molar-refractivity contribution >= 4 is 10.9 Å². The van der Waals surface area contributed by atoms with Crippen LogP contribution in [0.2, 0.25) is 0 Å².